The van der Waals surface area contributed by atoms with Crippen LogP contribution >= 0.6 is 11.8 Å². The number of thioether (sulfide) groups is 1. The average Bonchev–Trinajstić information content (AvgIpc) is 2.26. The van der Waals surface area contributed by atoms with Crippen molar-refractivity contribution < 1.29 is 0 Å². The van der Waals surface area contributed by atoms with Gasteiger partial charge in [0.1, 0.15) is 0 Å². The molecule has 0 amide bonds. The smallest absolute Gasteiger partial charge is 0.00472 e. The van der Waals surface area contributed by atoms with E-state index in [0.717, 1.165) is 5.25 Å². The molecule has 0 bridgehead atoms. The Labute approximate surface area is 126 Å². The summed E-state index contributed by atoms with van der Waals surface area (Å²) in [5.41, 5.74) is 0.998. The lowest BCUT2D eigenvalue weighted by molar-refractivity contribution is 0.210. The van der Waals surface area contributed by atoms with E-state index >= 15 is 0 Å². The Morgan fingerprint density at radius 3 is 1.89 bits per heavy atom. The lowest BCUT2D eigenvalue weighted by atomic mass is 9.75. The average molecular weight is 285 g/mol. The van der Waals surface area contributed by atoms with Gasteiger partial charge in [-0.1, -0.05) is 73.1 Å². The summed E-state index contributed by atoms with van der Waals surface area (Å²) >= 11 is 2.28. The summed E-state index contributed by atoms with van der Waals surface area (Å²) < 4.78 is 0. The van der Waals surface area contributed by atoms with Gasteiger partial charge in [-0.2, -0.15) is 11.8 Å². The Morgan fingerprint density at radius 2 is 1.37 bits per heavy atom. The third-order valence-corrected chi connectivity index (χ3v) is 6.57. The van der Waals surface area contributed by atoms with Crippen LogP contribution in [0.2, 0.25) is 0 Å². The van der Waals surface area contributed by atoms with Crippen LogP contribution in [0.5, 0.6) is 0 Å². The molecular weight excluding hydrogens is 248 g/mol. The van der Waals surface area contributed by atoms with Crippen molar-refractivity contribution in [3.63, 3.8) is 0 Å². The number of hydrogen-bond donors (Lipinski definition) is 0. The largest absolute Gasteiger partial charge is 0.158 e. The van der Waals surface area contributed by atoms with Crippen molar-refractivity contribution in [2.24, 2.45) is 10.8 Å². The van der Waals surface area contributed by atoms with Crippen molar-refractivity contribution in [3.8, 4) is 0 Å². The second kappa shape index (κ2) is 7.96. The van der Waals surface area contributed by atoms with Gasteiger partial charge in [0.05, 0.1) is 0 Å². The molecule has 0 N–H and O–H groups in total. The summed E-state index contributed by atoms with van der Waals surface area (Å²) in [5.74, 6) is 1.35. The van der Waals surface area contributed by atoms with Crippen molar-refractivity contribution in [1.82, 2.24) is 0 Å². The summed E-state index contributed by atoms with van der Waals surface area (Å²) in [6.07, 6.45) is 13.0. The molecule has 19 heavy (non-hydrogen) atoms. The maximum absolute atomic E-state index is 2.47. The topological polar surface area (TPSA) is 0 Å². The van der Waals surface area contributed by atoms with Gasteiger partial charge in [-0.05, 0) is 35.8 Å². The molecular formula is C18H36S. The van der Waals surface area contributed by atoms with E-state index in [9.17, 15) is 0 Å². The highest BCUT2D eigenvalue weighted by Gasteiger charge is 2.28. The van der Waals surface area contributed by atoms with Crippen LogP contribution in [0.4, 0.5) is 0 Å². The zero-order valence-electron chi connectivity index (χ0n) is 14.1. The monoisotopic (exact) mass is 284 g/mol. The van der Waals surface area contributed by atoms with Gasteiger partial charge in [0.15, 0.2) is 0 Å². The Balaban J connectivity index is 2.36. The molecule has 1 rings (SSSR count). The van der Waals surface area contributed by atoms with Crippen LogP contribution in [-0.4, -0.2) is 11.0 Å². The Kier molecular flexibility index (Phi) is 7.29. The zero-order valence-corrected chi connectivity index (χ0v) is 14.9. The van der Waals surface area contributed by atoms with Crippen LogP contribution < -0.4 is 0 Å². The minimum atomic E-state index is 0.493. The first-order valence-corrected chi connectivity index (χ1v) is 9.51. The minimum absolute atomic E-state index is 0.493. The van der Waals surface area contributed by atoms with Crippen LogP contribution in [0, 0.1) is 10.8 Å². The third kappa shape index (κ3) is 7.63. The zero-order chi connectivity index (χ0) is 14.4. The van der Waals surface area contributed by atoms with Crippen molar-refractivity contribution in [1.29, 1.82) is 0 Å². The molecule has 1 aliphatic carbocycles. The van der Waals surface area contributed by atoms with E-state index in [4.69, 9.17) is 0 Å². The maximum atomic E-state index is 2.47. The quantitative estimate of drug-likeness (QED) is 0.524. The van der Waals surface area contributed by atoms with E-state index in [-0.39, 0.29) is 0 Å². The SMILES string of the molecule is CCC(C)(C)CC(C)(C)CSC1CCCCCCC1. The predicted octanol–water partition coefficient (Wildman–Crippen LogP) is 6.69. The molecule has 0 saturated heterocycles. The number of rotatable bonds is 6. The minimum Gasteiger partial charge on any atom is -0.158 e. The maximum Gasteiger partial charge on any atom is 0.00472 e. The summed E-state index contributed by atoms with van der Waals surface area (Å²) in [5, 5.41) is 0.948. The predicted molar refractivity (Wildman–Crippen MR) is 91.0 cm³/mol. The second-order valence-electron chi connectivity index (χ2n) is 8.14. The van der Waals surface area contributed by atoms with Crippen molar-refractivity contribution >= 4 is 11.8 Å². The Hall–Kier alpha value is 0.350. The normalized spacial score (nSPS) is 20.1. The van der Waals surface area contributed by atoms with Crippen LogP contribution in [0.3, 0.4) is 0 Å². The van der Waals surface area contributed by atoms with Gasteiger partial charge in [0.2, 0.25) is 0 Å². The van der Waals surface area contributed by atoms with E-state index in [0.29, 0.717) is 10.8 Å². The Bertz CT molecular complexity index is 234. The van der Waals surface area contributed by atoms with Crippen LogP contribution in [0.15, 0.2) is 0 Å². The molecule has 0 unspecified atom stereocenters. The highest BCUT2D eigenvalue weighted by molar-refractivity contribution is 7.99. The van der Waals surface area contributed by atoms with Crippen LogP contribution in [-0.2, 0) is 0 Å². The Morgan fingerprint density at radius 1 is 0.842 bits per heavy atom. The van der Waals surface area contributed by atoms with Gasteiger partial charge in [0, 0.05) is 5.25 Å². The van der Waals surface area contributed by atoms with E-state index in [2.05, 4.69) is 46.4 Å². The summed E-state index contributed by atoms with van der Waals surface area (Å²) in [4.78, 5) is 0. The molecule has 0 atom stereocenters. The van der Waals surface area contributed by atoms with Crippen LogP contribution in [0.25, 0.3) is 0 Å². The van der Waals surface area contributed by atoms with E-state index in [1.54, 1.807) is 0 Å². The molecule has 0 aromatic heterocycles. The van der Waals surface area contributed by atoms with E-state index in [1.165, 1.54) is 63.5 Å². The molecule has 0 aliphatic heterocycles. The molecule has 1 aliphatic rings. The summed E-state index contributed by atoms with van der Waals surface area (Å²) in [7, 11) is 0. The van der Waals surface area contributed by atoms with Gasteiger partial charge in [0.25, 0.3) is 0 Å². The molecule has 0 radical (unpaired) electrons. The van der Waals surface area contributed by atoms with E-state index in [1.807, 2.05) is 0 Å². The molecule has 0 nitrogen and oxygen atoms in total. The summed E-state index contributed by atoms with van der Waals surface area (Å²) in [6, 6.07) is 0. The second-order valence-corrected chi connectivity index (χ2v) is 9.43. The molecule has 114 valence electrons. The third-order valence-electron chi connectivity index (χ3n) is 4.68. The van der Waals surface area contributed by atoms with Crippen molar-refractivity contribution in [2.75, 3.05) is 5.75 Å². The van der Waals surface area contributed by atoms with Crippen molar-refractivity contribution in [3.05, 3.63) is 0 Å². The molecule has 0 aromatic rings. The molecule has 0 aromatic carbocycles. The van der Waals surface area contributed by atoms with E-state index < -0.39 is 0 Å². The lowest BCUT2D eigenvalue weighted by Crippen LogP contribution is -2.25. The molecule has 1 heteroatoms. The fraction of sp³-hybridized carbons (Fsp3) is 1.00. The van der Waals surface area contributed by atoms with Crippen LogP contribution in [0.1, 0.15) is 92.4 Å². The fourth-order valence-corrected chi connectivity index (χ4v) is 4.86. The first-order chi connectivity index (χ1) is 8.85. The molecule has 0 spiro atoms. The van der Waals surface area contributed by atoms with Gasteiger partial charge in [-0.3, -0.25) is 0 Å². The first kappa shape index (κ1) is 17.4. The molecule has 1 saturated carbocycles. The lowest BCUT2D eigenvalue weighted by Gasteiger charge is -2.35. The first-order valence-electron chi connectivity index (χ1n) is 8.46. The molecule has 1 fully saturated rings. The molecule has 0 heterocycles. The van der Waals surface area contributed by atoms with Gasteiger partial charge in [-0.15, -0.1) is 0 Å². The standard InChI is InChI=1S/C18H36S/c1-6-17(2,3)14-18(4,5)15-19-16-12-10-8-7-9-11-13-16/h16H,6-15H2,1-5H3. The van der Waals surface area contributed by atoms with Crippen molar-refractivity contribution in [2.45, 2.75) is 97.7 Å². The highest BCUT2D eigenvalue weighted by atomic mass is 32.2. The highest BCUT2D eigenvalue weighted by Crippen LogP contribution is 2.40. The van der Waals surface area contributed by atoms with Gasteiger partial charge < -0.3 is 0 Å². The van der Waals surface area contributed by atoms with Gasteiger partial charge in [-0.25, -0.2) is 0 Å². The van der Waals surface area contributed by atoms with Gasteiger partial charge >= 0.3 is 0 Å². The summed E-state index contributed by atoms with van der Waals surface area (Å²) in [6.45, 7) is 12.1. The number of hydrogen-bond acceptors (Lipinski definition) is 1. The fourth-order valence-electron chi connectivity index (χ4n) is 3.40.